The lowest BCUT2D eigenvalue weighted by molar-refractivity contribution is 0.415. The van der Waals surface area contributed by atoms with Crippen molar-refractivity contribution in [3.05, 3.63) is 47.5 Å². The van der Waals surface area contributed by atoms with Gasteiger partial charge < -0.3 is 15.5 Å². The number of hydrogen-bond donors (Lipinski definition) is 2. The molecule has 0 amide bonds. The predicted octanol–water partition coefficient (Wildman–Crippen LogP) is 2.77. The molecule has 0 aliphatic carbocycles. The Morgan fingerprint density at radius 1 is 1.27 bits per heavy atom. The van der Waals surface area contributed by atoms with E-state index in [9.17, 15) is 4.21 Å². The first kappa shape index (κ1) is 14.6. The summed E-state index contributed by atoms with van der Waals surface area (Å²) in [6.45, 7) is 1.99. The van der Waals surface area contributed by atoms with Gasteiger partial charge >= 0.3 is 0 Å². The number of rotatable bonds is 4. The number of fused-ring (bicyclic) bond motifs is 1. The number of nitrogen functional groups attached to an aromatic ring is 1. The van der Waals surface area contributed by atoms with Crippen molar-refractivity contribution in [2.24, 2.45) is 0 Å². The molecule has 1 aromatic heterocycles. The number of nitrogens with zero attached hydrogens (tertiary/aromatic N) is 1. The van der Waals surface area contributed by atoms with E-state index in [4.69, 9.17) is 10.5 Å². The molecule has 6 heteroatoms. The van der Waals surface area contributed by atoms with E-state index in [1.54, 1.807) is 7.11 Å². The molecule has 0 fully saturated rings. The zero-order chi connectivity index (χ0) is 15.7. The maximum atomic E-state index is 12.5. The van der Waals surface area contributed by atoms with Gasteiger partial charge in [-0.1, -0.05) is 17.7 Å². The first-order chi connectivity index (χ1) is 10.6. The fourth-order valence-corrected chi connectivity index (χ4v) is 3.36. The Kier molecular flexibility index (Phi) is 3.85. The summed E-state index contributed by atoms with van der Waals surface area (Å²) in [5.41, 5.74) is 10.1. The second-order valence-corrected chi connectivity index (χ2v) is 6.48. The van der Waals surface area contributed by atoms with Crippen molar-refractivity contribution < 1.29 is 8.95 Å². The number of aryl methyl sites for hydroxylation is 1. The minimum Gasteiger partial charge on any atom is -0.497 e. The van der Waals surface area contributed by atoms with Crippen molar-refractivity contribution in [1.29, 1.82) is 0 Å². The van der Waals surface area contributed by atoms with Gasteiger partial charge in [0.15, 0.2) is 5.16 Å². The van der Waals surface area contributed by atoms with E-state index >= 15 is 0 Å². The molecule has 114 valence electrons. The molecule has 3 N–H and O–H groups in total. The highest BCUT2D eigenvalue weighted by atomic mass is 32.2. The number of anilines is 1. The van der Waals surface area contributed by atoms with E-state index in [1.807, 2.05) is 43.3 Å². The number of nitrogens with two attached hydrogens (primary N) is 1. The Morgan fingerprint density at radius 3 is 2.86 bits per heavy atom. The van der Waals surface area contributed by atoms with Crippen LogP contribution in [-0.2, 0) is 16.6 Å². The molecule has 0 spiro atoms. The number of aromatic nitrogens is 2. The molecule has 2 aromatic carbocycles. The van der Waals surface area contributed by atoms with Crippen LogP contribution >= 0.6 is 0 Å². The molecule has 0 saturated carbocycles. The van der Waals surface area contributed by atoms with Crippen LogP contribution in [0.3, 0.4) is 0 Å². The van der Waals surface area contributed by atoms with Gasteiger partial charge in [-0.05, 0) is 30.7 Å². The second-order valence-electron chi connectivity index (χ2n) is 5.12. The number of ether oxygens (including phenoxy) is 1. The van der Waals surface area contributed by atoms with Crippen LogP contribution in [0.2, 0.25) is 0 Å². The van der Waals surface area contributed by atoms with Crippen molar-refractivity contribution in [2.75, 3.05) is 12.8 Å². The molecule has 0 aliphatic rings. The number of aromatic amines is 1. The third-order valence-corrected chi connectivity index (χ3v) is 4.67. The van der Waals surface area contributed by atoms with Gasteiger partial charge in [-0.25, -0.2) is 4.98 Å². The van der Waals surface area contributed by atoms with E-state index in [0.717, 1.165) is 27.9 Å². The summed E-state index contributed by atoms with van der Waals surface area (Å²) in [5, 5.41) is 0.448. The van der Waals surface area contributed by atoms with Gasteiger partial charge in [-0.3, -0.25) is 4.21 Å². The maximum absolute atomic E-state index is 12.5. The lowest BCUT2D eigenvalue weighted by atomic mass is 10.1. The summed E-state index contributed by atoms with van der Waals surface area (Å²) in [5.74, 6) is 1.07. The number of nitrogens with one attached hydrogen (secondary N) is 1. The Hall–Kier alpha value is -2.34. The van der Waals surface area contributed by atoms with Crippen molar-refractivity contribution in [3.63, 3.8) is 0 Å². The predicted molar refractivity (Wildman–Crippen MR) is 88.3 cm³/mol. The van der Waals surface area contributed by atoms with E-state index in [-0.39, 0.29) is 0 Å². The number of H-pyrrole nitrogens is 1. The SMILES string of the molecule is COc1ccc2nc(S(=O)Cc3cc(C)ccc3N)[nH]c2c1. The molecule has 3 rings (SSSR count). The van der Waals surface area contributed by atoms with Gasteiger partial charge in [-0.2, -0.15) is 0 Å². The van der Waals surface area contributed by atoms with Crippen LogP contribution in [0.25, 0.3) is 11.0 Å². The molecule has 22 heavy (non-hydrogen) atoms. The van der Waals surface area contributed by atoms with Gasteiger partial charge in [0, 0.05) is 11.8 Å². The lowest BCUT2D eigenvalue weighted by Crippen LogP contribution is -2.02. The molecular formula is C16H17N3O2S. The average molecular weight is 315 g/mol. The van der Waals surface area contributed by atoms with Gasteiger partial charge in [-0.15, -0.1) is 0 Å². The third-order valence-electron chi connectivity index (χ3n) is 3.47. The number of hydrogen-bond acceptors (Lipinski definition) is 4. The molecule has 1 heterocycles. The van der Waals surface area contributed by atoms with Crippen LogP contribution < -0.4 is 10.5 Å². The summed E-state index contributed by atoms with van der Waals surface area (Å²) in [6, 6.07) is 11.2. The van der Waals surface area contributed by atoms with Gasteiger partial charge in [0.2, 0.25) is 0 Å². The van der Waals surface area contributed by atoms with E-state index in [1.165, 1.54) is 0 Å². The van der Waals surface area contributed by atoms with Crippen molar-refractivity contribution in [2.45, 2.75) is 17.8 Å². The Morgan fingerprint density at radius 2 is 2.09 bits per heavy atom. The lowest BCUT2D eigenvalue weighted by Gasteiger charge is -2.05. The average Bonchev–Trinajstić information content (AvgIpc) is 2.94. The fourth-order valence-electron chi connectivity index (χ4n) is 2.27. The van der Waals surface area contributed by atoms with Crippen molar-refractivity contribution in [3.8, 4) is 5.75 Å². The highest BCUT2D eigenvalue weighted by Crippen LogP contribution is 2.22. The first-order valence-electron chi connectivity index (χ1n) is 6.84. The normalized spacial score (nSPS) is 12.5. The van der Waals surface area contributed by atoms with E-state index in [2.05, 4.69) is 9.97 Å². The summed E-state index contributed by atoms with van der Waals surface area (Å²) < 4.78 is 17.7. The molecule has 1 unspecified atom stereocenters. The first-order valence-corrected chi connectivity index (χ1v) is 8.16. The molecular weight excluding hydrogens is 298 g/mol. The minimum absolute atomic E-state index is 0.338. The number of imidazole rings is 1. The molecule has 1 atom stereocenters. The second kappa shape index (κ2) is 5.81. The van der Waals surface area contributed by atoms with Gasteiger partial charge in [0.25, 0.3) is 0 Å². The van der Waals surface area contributed by atoms with Crippen molar-refractivity contribution in [1.82, 2.24) is 9.97 Å². The quantitative estimate of drug-likeness (QED) is 0.725. The van der Waals surface area contributed by atoms with Crippen LogP contribution in [0, 0.1) is 6.92 Å². The minimum atomic E-state index is -1.28. The largest absolute Gasteiger partial charge is 0.497 e. The van der Waals surface area contributed by atoms with Crippen LogP contribution in [0.4, 0.5) is 5.69 Å². The number of benzene rings is 2. The Labute approximate surface area is 131 Å². The number of methoxy groups -OCH3 is 1. The van der Waals surface area contributed by atoms with Crippen LogP contribution in [-0.4, -0.2) is 21.3 Å². The standard InChI is InChI=1S/C16H17N3O2S/c1-10-3-5-13(17)11(7-10)9-22(20)16-18-14-6-4-12(21-2)8-15(14)19-16/h3-8H,9,17H2,1-2H3,(H,18,19). The molecule has 0 bridgehead atoms. The smallest absolute Gasteiger partial charge is 0.197 e. The summed E-state index contributed by atoms with van der Waals surface area (Å²) >= 11 is 0. The molecule has 3 aromatic rings. The zero-order valence-electron chi connectivity index (χ0n) is 12.4. The van der Waals surface area contributed by atoms with E-state index < -0.39 is 10.8 Å². The highest BCUT2D eigenvalue weighted by molar-refractivity contribution is 7.84. The Balaban J connectivity index is 1.90. The topological polar surface area (TPSA) is 81.0 Å². The summed E-state index contributed by atoms with van der Waals surface area (Å²) in [7, 11) is 0.327. The molecule has 0 saturated heterocycles. The molecule has 0 aliphatic heterocycles. The van der Waals surface area contributed by atoms with Crippen LogP contribution in [0.15, 0.2) is 41.6 Å². The monoisotopic (exact) mass is 315 g/mol. The van der Waals surface area contributed by atoms with Crippen molar-refractivity contribution >= 4 is 27.5 Å². The van der Waals surface area contributed by atoms with E-state index in [0.29, 0.717) is 16.6 Å². The van der Waals surface area contributed by atoms with Crippen LogP contribution in [0.5, 0.6) is 5.75 Å². The maximum Gasteiger partial charge on any atom is 0.197 e. The fraction of sp³-hybridized carbons (Fsp3) is 0.188. The zero-order valence-corrected chi connectivity index (χ0v) is 13.2. The van der Waals surface area contributed by atoms with Crippen LogP contribution in [0.1, 0.15) is 11.1 Å². The molecule has 5 nitrogen and oxygen atoms in total. The highest BCUT2D eigenvalue weighted by Gasteiger charge is 2.13. The van der Waals surface area contributed by atoms with Gasteiger partial charge in [0.1, 0.15) is 5.75 Å². The van der Waals surface area contributed by atoms with Gasteiger partial charge in [0.05, 0.1) is 34.7 Å². The Bertz CT molecular complexity index is 858. The molecule has 0 radical (unpaired) electrons. The summed E-state index contributed by atoms with van der Waals surface area (Å²) in [4.78, 5) is 7.48. The summed E-state index contributed by atoms with van der Waals surface area (Å²) in [6.07, 6.45) is 0. The third kappa shape index (κ3) is 2.82.